The van der Waals surface area contributed by atoms with Gasteiger partial charge in [0.15, 0.2) is 6.10 Å². The summed E-state index contributed by atoms with van der Waals surface area (Å²) in [5, 5.41) is 9.46. The molecule has 1 aliphatic heterocycles. The summed E-state index contributed by atoms with van der Waals surface area (Å²) in [6.07, 6.45) is 6.68. The highest BCUT2D eigenvalue weighted by atomic mass is 16.6. The number of rotatable bonds is 10. The summed E-state index contributed by atoms with van der Waals surface area (Å²) in [6.45, 7) is 8.20. The molecule has 1 N–H and O–H groups in total. The van der Waals surface area contributed by atoms with E-state index in [-0.39, 0.29) is 6.61 Å². The first kappa shape index (κ1) is 31.1. The number of carbonyl (C=O) groups is 2. The normalized spacial score (nSPS) is 12.6. The zero-order chi connectivity index (χ0) is 25.8. The van der Waals surface area contributed by atoms with Crippen LogP contribution >= 0.6 is 0 Å². The van der Waals surface area contributed by atoms with Gasteiger partial charge in [-0.25, -0.2) is 9.59 Å². The number of aliphatic hydroxyl groups is 1. The van der Waals surface area contributed by atoms with E-state index < -0.39 is 24.9 Å². The Morgan fingerprint density at radius 2 is 1.71 bits per heavy atom. The average molecular weight is 479 g/mol. The van der Waals surface area contributed by atoms with Gasteiger partial charge in [-0.05, 0) is 25.0 Å². The van der Waals surface area contributed by atoms with Gasteiger partial charge in [0.05, 0.1) is 6.61 Å². The number of ether oxygens (including phenoxy) is 2. The lowest BCUT2D eigenvalue weighted by atomic mass is 10.2. The van der Waals surface area contributed by atoms with Gasteiger partial charge in [0.25, 0.3) is 0 Å². The van der Waals surface area contributed by atoms with Gasteiger partial charge in [-0.15, -0.1) is 0 Å². The number of allylic oxidation sites excluding steroid dienone is 1. The zero-order valence-corrected chi connectivity index (χ0v) is 21.6. The maximum Gasteiger partial charge on any atom is 0.409 e. The summed E-state index contributed by atoms with van der Waals surface area (Å²) in [6, 6.07) is 5.59. The first-order valence-electron chi connectivity index (χ1n) is 12.0. The third-order valence-corrected chi connectivity index (χ3v) is 4.55. The number of pyridine rings is 1. The van der Waals surface area contributed by atoms with E-state index in [1.807, 2.05) is 52.1 Å². The fourth-order valence-electron chi connectivity index (χ4n) is 2.65. The molecule has 0 aromatic carbocycles. The minimum absolute atomic E-state index is 0.222. The van der Waals surface area contributed by atoms with Crippen LogP contribution in [0, 0.1) is 0 Å². The molecule has 34 heavy (non-hydrogen) atoms. The third-order valence-electron chi connectivity index (χ3n) is 4.55. The molecule has 1 atom stereocenters. The number of aliphatic hydroxyl groups excluding tert-OH is 1. The van der Waals surface area contributed by atoms with Gasteiger partial charge in [-0.3, -0.25) is 9.98 Å². The average Bonchev–Trinajstić information content (AvgIpc) is 2.91. The van der Waals surface area contributed by atoms with E-state index in [1.165, 1.54) is 9.80 Å². The molecule has 1 aliphatic rings. The van der Waals surface area contributed by atoms with Crippen LogP contribution in [-0.4, -0.2) is 84.8 Å². The molecule has 2 rings (SSSR count). The first-order chi connectivity index (χ1) is 16.5. The van der Waals surface area contributed by atoms with Gasteiger partial charge in [0.1, 0.15) is 6.61 Å². The summed E-state index contributed by atoms with van der Waals surface area (Å²) in [4.78, 5) is 35.6. The van der Waals surface area contributed by atoms with Crippen LogP contribution in [0.2, 0.25) is 0 Å². The SMILES string of the molecule is CC.CC.CN(CCC1=CCCC=N1)C(=O)OCC(CO)OC(=O)N(C)CCc1ccccn1. The predicted molar refractivity (Wildman–Crippen MR) is 135 cm³/mol. The fourth-order valence-corrected chi connectivity index (χ4v) is 2.65. The van der Waals surface area contributed by atoms with Crippen molar-refractivity contribution in [1.29, 1.82) is 0 Å². The van der Waals surface area contributed by atoms with E-state index in [9.17, 15) is 14.7 Å². The van der Waals surface area contributed by atoms with Crippen molar-refractivity contribution in [3.8, 4) is 0 Å². The molecule has 192 valence electrons. The summed E-state index contributed by atoms with van der Waals surface area (Å²) in [7, 11) is 3.22. The molecule has 0 saturated carbocycles. The third kappa shape index (κ3) is 12.9. The first-order valence-corrected chi connectivity index (χ1v) is 12.0. The van der Waals surface area contributed by atoms with Crippen LogP contribution in [-0.2, 0) is 15.9 Å². The number of amides is 2. The second-order valence-corrected chi connectivity index (χ2v) is 7.01. The second kappa shape index (κ2) is 19.5. The van der Waals surface area contributed by atoms with E-state index in [0.29, 0.717) is 25.9 Å². The highest BCUT2D eigenvalue weighted by molar-refractivity contribution is 5.68. The van der Waals surface area contributed by atoms with Crippen molar-refractivity contribution in [2.45, 2.75) is 59.5 Å². The molecular weight excluding hydrogens is 436 g/mol. The fraction of sp³-hybridized carbons (Fsp3) is 0.600. The molecule has 1 aromatic heterocycles. The highest BCUT2D eigenvalue weighted by Crippen LogP contribution is 2.11. The zero-order valence-electron chi connectivity index (χ0n) is 21.6. The summed E-state index contributed by atoms with van der Waals surface area (Å²) in [5.41, 5.74) is 1.82. The Morgan fingerprint density at radius 1 is 1.03 bits per heavy atom. The monoisotopic (exact) mass is 478 g/mol. The molecule has 0 bridgehead atoms. The van der Waals surface area contributed by atoms with Crippen LogP contribution in [0.15, 0.2) is 41.2 Å². The van der Waals surface area contributed by atoms with Gasteiger partial charge in [0.2, 0.25) is 0 Å². The van der Waals surface area contributed by atoms with Gasteiger partial charge in [0, 0.05) is 63.8 Å². The van der Waals surface area contributed by atoms with Crippen molar-refractivity contribution in [1.82, 2.24) is 14.8 Å². The van der Waals surface area contributed by atoms with Crippen molar-refractivity contribution in [2.24, 2.45) is 4.99 Å². The lowest BCUT2D eigenvalue weighted by Crippen LogP contribution is -2.37. The topological polar surface area (TPSA) is 105 Å². The van der Waals surface area contributed by atoms with Crippen LogP contribution in [0.5, 0.6) is 0 Å². The lowest BCUT2D eigenvalue weighted by molar-refractivity contribution is -0.00370. The Bertz CT molecular complexity index is 740. The van der Waals surface area contributed by atoms with Crippen LogP contribution in [0.1, 0.15) is 52.7 Å². The van der Waals surface area contributed by atoms with Gasteiger partial charge >= 0.3 is 12.2 Å². The van der Waals surface area contributed by atoms with Crippen molar-refractivity contribution >= 4 is 18.4 Å². The summed E-state index contributed by atoms with van der Waals surface area (Å²) in [5.74, 6) is 0. The number of aromatic nitrogens is 1. The number of likely N-dealkylation sites (N-methyl/N-ethyl adjacent to an activating group) is 1. The molecule has 1 aromatic rings. The number of hydrogen-bond donors (Lipinski definition) is 1. The molecule has 0 spiro atoms. The number of aliphatic imine (C=N–C) groups is 1. The molecule has 1 unspecified atom stereocenters. The van der Waals surface area contributed by atoms with Crippen molar-refractivity contribution < 1.29 is 24.2 Å². The van der Waals surface area contributed by atoms with Gasteiger partial charge in [-0.1, -0.05) is 39.8 Å². The Hall–Kier alpha value is -2.94. The Morgan fingerprint density at radius 3 is 2.29 bits per heavy atom. The van der Waals surface area contributed by atoms with E-state index in [2.05, 4.69) is 16.1 Å². The maximum atomic E-state index is 12.2. The van der Waals surface area contributed by atoms with Crippen LogP contribution in [0.3, 0.4) is 0 Å². The molecule has 0 saturated heterocycles. The Balaban J connectivity index is 0.00000258. The van der Waals surface area contributed by atoms with Crippen LogP contribution < -0.4 is 0 Å². The predicted octanol–water partition coefficient (Wildman–Crippen LogP) is 4.31. The smallest absolute Gasteiger partial charge is 0.409 e. The lowest BCUT2D eigenvalue weighted by Gasteiger charge is -2.23. The maximum absolute atomic E-state index is 12.2. The summed E-state index contributed by atoms with van der Waals surface area (Å²) < 4.78 is 10.4. The Kier molecular flexibility index (Phi) is 17.8. The quantitative estimate of drug-likeness (QED) is 0.537. The number of hydrogen-bond acceptors (Lipinski definition) is 7. The van der Waals surface area contributed by atoms with Gasteiger partial charge < -0.3 is 24.4 Å². The molecule has 0 fully saturated rings. The standard InChI is InChI=1S/C21H30N4O5.2C2H6/c1-24(13-9-17-7-3-5-11-22-17)20(27)29-16-19(15-26)30-21(28)25(2)14-10-18-8-4-6-12-23-18;2*1-2/h4,6-8,11-12,19,26H,3,5,9-10,13-16H2,1-2H3;2*1-2H3. The van der Waals surface area contributed by atoms with E-state index in [1.54, 1.807) is 20.3 Å². The molecule has 9 nitrogen and oxygen atoms in total. The van der Waals surface area contributed by atoms with E-state index in [4.69, 9.17) is 9.47 Å². The molecule has 0 aliphatic carbocycles. The second-order valence-electron chi connectivity index (χ2n) is 7.01. The molecular formula is C25H42N4O5. The highest BCUT2D eigenvalue weighted by Gasteiger charge is 2.20. The largest absolute Gasteiger partial charge is 0.445 e. The van der Waals surface area contributed by atoms with E-state index in [0.717, 1.165) is 24.2 Å². The van der Waals surface area contributed by atoms with Crippen molar-refractivity contribution in [2.75, 3.05) is 40.4 Å². The van der Waals surface area contributed by atoms with E-state index >= 15 is 0 Å². The Labute approximate surface area is 204 Å². The van der Waals surface area contributed by atoms with Crippen LogP contribution in [0.4, 0.5) is 9.59 Å². The molecule has 0 radical (unpaired) electrons. The molecule has 2 amide bonds. The van der Waals surface area contributed by atoms with Crippen LogP contribution in [0.25, 0.3) is 0 Å². The minimum Gasteiger partial charge on any atom is -0.445 e. The molecule has 2 heterocycles. The summed E-state index contributed by atoms with van der Waals surface area (Å²) >= 11 is 0. The van der Waals surface area contributed by atoms with Crippen molar-refractivity contribution in [3.63, 3.8) is 0 Å². The van der Waals surface area contributed by atoms with Crippen molar-refractivity contribution in [3.05, 3.63) is 41.9 Å². The van der Waals surface area contributed by atoms with Gasteiger partial charge in [-0.2, -0.15) is 0 Å². The number of nitrogens with zero attached hydrogens (tertiary/aromatic N) is 4. The minimum atomic E-state index is -0.933. The number of carbonyl (C=O) groups excluding carboxylic acids is 2. The molecule has 9 heteroatoms.